The van der Waals surface area contributed by atoms with E-state index < -0.39 is 0 Å². The van der Waals surface area contributed by atoms with Gasteiger partial charge in [0, 0.05) is 32.6 Å². The second-order valence-corrected chi connectivity index (χ2v) is 6.71. The molecule has 0 atom stereocenters. The molecule has 0 unspecified atom stereocenters. The Morgan fingerprint density at radius 2 is 1.92 bits per heavy atom. The van der Waals surface area contributed by atoms with Crippen LogP contribution in [-0.4, -0.2) is 32.4 Å². The van der Waals surface area contributed by atoms with Gasteiger partial charge >= 0.3 is 0 Å². The molecular weight excluding hydrogens is 335 g/mol. The van der Waals surface area contributed by atoms with Gasteiger partial charge in [-0.2, -0.15) is 5.10 Å². The number of benzene rings is 1. The van der Waals surface area contributed by atoms with Gasteiger partial charge in [-0.3, -0.25) is 9.36 Å². The summed E-state index contributed by atoms with van der Waals surface area (Å²) in [5, 5.41) is 4.71. The van der Waals surface area contributed by atoms with Gasteiger partial charge in [0.15, 0.2) is 5.52 Å². The molecule has 1 saturated heterocycles. The quantitative estimate of drug-likeness (QED) is 0.719. The van der Waals surface area contributed by atoms with Crippen LogP contribution in [0.5, 0.6) is 0 Å². The molecule has 1 aliphatic heterocycles. The fourth-order valence-electron chi connectivity index (χ4n) is 3.44. The van der Waals surface area contributed by atoms with Crippen molar-refractivity contribution in [1.29, 1.82) is 0 Å². The number of hydrogen-bond acceptors (Lipinski definition) is 4. The number of hydrogen-bond donors (Lipinski definition) is 0. The average molecular weight is 356 g/mol. The zero-order valence-corrected chi connectivity index (χ0v) is 14.7. The topological polar surface area (TPSA) is 61.4 Å². The van der Waals surface area contributed by atoms with Gasteiger partial charge in [0.05, 0.1) is 6.20 Å². The molecular formula is C19H21FN4O2. The summed E-state index contributed by atoms with van der Waals surface area (Å²) in [7, 11) is 1.73. The van der Waals surface area contributed by atoms with Crippen molar-refractivity contribution >= 4 is 5.52 Å². The van der Waals surface area contributed by atoms with Gasteiger partial charge in [0.2, 0.25) is 0 Å². The molecule has 0 amide bonds. The first-order chi connectivity index (χ1) is 12.6. The zero-order chi connectivity index (χ0) is 18.1. The van der Waals surface area contributed by atoms with Gasteiger partial charge in [0.1, 0.15) is 17.5 Å². The molecule has 0 aliphatic carbocycles. The number of aromatic nitrogens is 4. The van der Waals surface area contributed by atoms with Crippen LogP contribution in [-0.2, 0) is 24.6 Å². The molecule has 0 saturated carbocycles. The summed E-state index contributed by atoms with van der Waals surface area (Å²) >= 11 is 0. The molecule has 1 aromatic carbocycles. The monoisotopic (exact) mass is 356 g/mol. The van der Waals surface area contributed by atoms with Gasteiger partial charge in [-0.05, 0) is 37.0 Å². The van der Waals surface area contributed by atoms with E-state index in [0.29, 0.717) is 37.4 Å². The van der Waals surface area contributed by atoms with Crippen molar-refractivity contribution in [2.24, 2.45) is 7.05 Å². The fourth-order valence-corrected chi connectivity index (χ4v) is 3.44. The second-order valence-electron chi connectivity index (χ2n) is 6.71. The number of nitrogens with zero attached hydrogens (tertiary/aromatic N) is 4. The van der Waals surface area contributed by atoms with E-state index >= 15 is 0 Å². The number of aryl methyl sites for hydroxylation is 2. The lowest BCUT2D eigenvalue weighted by atomic mass is 10.00. The third kappa shape index (κ3) is 3.14. The van der Waals surface area contributed by atoms with Crippen LogP contribution >= 0.6 is 0 Å². The van der Waals surface area contributed by atoms with E-state index in [1.807, 2.05) is 0 Å². The molecule has 0 spiro atoms. The van der Waals surface area contributed by atoms with Crippen LogP contribution in [0.25, 0.3) is 5.52 Å². The lowest BCUT2D eigenvalue weighted by Crippen LogP contribution is -2.26. The summed E-state index contributed by atoms with van der Waals surface area (Å²) in [6.07, 6.45) is 4.68. The van der Waals surface area contributed by atoms with Crippen molar-refractivity contribution in [3.8, 4) is 0 Å². The molecule has 26 heavy (non-hydrogen) atoms. The molecule has 3 aromatic rings. The van der Waals surface area contributed by atoms with Crippen LogP contribution < -0.4 is 5.56 Å². The third-order valence-electron chi connectivity index (χ3n) is 5.03. The number of fused-ring (bicyclic) bond motifs is 1. The Morgan fingerprint density at radius 3 is 2.65 bits per heavy atom. The Balaban J connectivity index is 1.66. The summed E-state index contributed by atoms with van der Waals surface area (Å²) < 4.78 is 21.8. The van der Waals surface area contributed by atoms with Crippen molar-refractivity contribution in [3.63, 3.8) is 0 Å². The molecule has 2 aromatic heterocycles. The summed E-state index contributed by atoms with van der Waals surface area (Å²) in [6.45, 7) is 1.42. The number of rotatable bonds is 4. The highest BCUT2D eigenvalue weighted by atomic mass is 19.1. The molecule has 0 bridgehead atoms. The summed E-state index contributed by atoms with van der Waals surface area (Å²) in [5.41, 5.74) is 1.41. The van der Waals surface area contributed by atoms with E-state index in [2.05, 4.69) is 4.98 Å². The van der Waals surface area contributed by atoms with E-state index in [0.717, 1.165) is 24.2 Å². The predicted octanol–water partition coefficient (Wildman–Crippen LogP) is 2.25. The summed E-state index contributed by atoms with van der Waals surface area (Å²) in [5.74, 6) is 1.54. The van der Waals surface area contributed by atoms with Crippen LogP contribution in [0.4, 0.5) is 4.39 Å². The van der Waals surface area contributed by atoms with E-state index in [1.165, 1.54) is 12.1 Å². The van der Waals surface area contributed by atoms with Crippen LogP contribution in [0, 0.1) is 5.82 Å². The maximum absolute atomic E-state index is 13.1. The lowest BCUT2D eigenvalue weighted by molar-refractivity contribution is 0.0832. The van der Waals surface area contributed by atoms with Crippen LogP contribution in [0.1, 0.15) is 36.0 Å². The first kappa shape index (κ1) is 16.9. The second kappa shape index (κ2) is 6.99. The average Bonchev–Trinajstić information content (AvgIpc) is 3.09. The van der Waals surface area contributed by atoms with Crippen molar-refractivity contribution in [1.82, 2.24) is 19.2 Å². The molecule has 0 radical (unpaired) electrons. The maximum Gasteiger partial charge on any atom is 0.279 e. The van der Waals surface area contributed by atoms with Crippen LogP contribution in [0.3, 0.4) is 0 Å². The largest absolute Gasteiger partial charge is 0.381 e. The SMILES string of the molecule is Cn1c(CCc2ccc(F)cc2)nn2c(C3CCOCC3)ncc2c1=O. The van der Waals surface area contributed by atoms with Gasteiger partial charge in [-0.1, -0.05) is 12.1 Å². The van der Waals surface area contributed by atoms with Crippen molar-refractivity contribution in [3.05, 3.63) is 63.8 Å². The Morgan fingerprint density at radius 1 is 1.19 bits per heavy atom. The highest BCUT2D eigenvalue weighted by Gasteiger charge is 2.22. The molecule has 7 heteroatoms. The molecule has 3 heterocycles. The van der Waals surface area contributed by atoms with Gasteiger partial charge in [-0.15, -0.1) is 0 Å². The number of ether oxygens (including phenoxy) is 1. The van der Waals surface area contributed by atoms with E-state index in [1.54, 1.807) is 34.5 Å². The summed E-state index contributed by atoms with van der Waals surface area (Å²) in [4.78, 5) is 17.2. The standard InChI is InChI=1S/C19H21FN4O2/c1-23-17(7-4-13-2-5-15(20)6-3-13)22-24-16(19(23)25)12-21-18(24)14-8-10-26-11-9-14/h2-3,5-6,12,14H,4,7-11H2,1H3. The number of imidazole rings is 1. The first-order valence-electron chi connectivity index (χ1n) is 8.89. The minimum absolute atomic E-state index is 0.0973. The predicted molar refractivity (Wildman–Crippen MR) is 94.8 cm³/mol. The molecule has 0 N–H and O–H groups in total. The number of halogens is 1. The van der Waals surface area contributed by atoms with E-state index in [9.17, 15) is 9.18 Å². The Bertz CT molecular complexity index is 972. The Kier molecular flexibility index (Phi) is 4.55. The molecule has 136 valence electrons. The highest BCUT2D eigenvalue weighted by molar-refractivity contribution is 5.43. The Labute approximate surface area is 150 Å². The molecule has 6 nitrogen and oxygen atoms in total. The molecule has 4 rings (SSSR count). The van der Waals surface area contributed by atoms with Crippen molar-refractivity contribution in [2.45, 2.75) is 31.6 Å². The Hall–Kier alpha value is -2.54. The zero-order valence-electron chi connectivity index (χ0n) is 14.7. The van der Waals surface area contributed by atoms with Crippen molar-refractivity contribution in [2.75, 3.05) is 13.2 Å². The minimum Gasteiger partial charge on any atom is -0.381 e. The first-order valence-corrected chi connectivity index (χ1v) is 8.89. The smallest absolute Gasteiger partial charge is 0.279 e. The normalized spacial score (nSPS) is 15.6. The van der Waals surface area contributed by atoms with Gasteiger partial charge < -0.3 is 4.74 Å². The molecule has 1 aliphatic rings. The van der Waals surface area contributed by atoms with Gasteiger partial charge in [-0.25, -0.2) is 13.9 Å². The lowest BCUT2D eigenvalue weighted by Gasteiger charge is -2.20. The fraction of sp³-hybridized carbons (Fsp3) is 0.421. The van der Waals surface area contributed by atoms with E-state index in [-0.39, 0.29) is 17.3 Å². The van der Waals surface area contributed by atoms with Gasteiger partial charge in [0.25, 0.3) is 5.56 Å². The third-order valence-corrected chi connectivity index (χ3v) is 5.03. The summed E-state index contributed by atoms with van der Waals surface area (Å²) in [6, 6.07) is 6.42. The highest BCUT2D eigenvalue weighted by Crippen LogP contribution is 2.25. The van der Waals surface area contributed by atoms with E-state index in [4.69, 9.17) is 9.84 Å². The van der Waals surface area contributed by atoms with Crippen LogP contribution in [0.2, 0.25) is 0 Å². The van der Waals surface area contributed by atoms with Crippen LogP contribution in [0.15, 0.2) is 35.3 Å². The van der Waals surface area contributed by atoms with Crippen molar-refractivity contribution < 1.29 is 9.13 Å². The molecule has 1 fully saturated rings. The maximum atomic E-state index is 13.1. The minimum atomic E-state index is -0.250.